The number of benzene rings is 2. The molecule has 2 aromatic rings. The average Bonchev–Trinajstić information content (AvgIpc) is 2.46. The second-order valence-electron chi connectivity index (χ2n) is 4.97. The fourth-order valence-electron chi connectivity index (χ4n) is 2.13. The molecule has 0 fully saturated rings. The summed E-state index contributed by atoms with van der Waals surface area (Å²) in [4.78, 5) is 13.7. The van der Waals surface area contributed by atoms with Gasteiger partial charge in [0.25, 0.3) is 0 Å². The lowest BCUT2D eigenvalue weighted by molar-refractivity contribution is -0.130. The lowest BCUT2D eigenvalue weighted by Gasteiger charge is -2.17. The molecule has 0 aliphatic heterocycles. The largest absolute Gasteiger partial charge is 0.341 e. The molecule has 0 aliphatic rings. The molecule has 0 N–H and O–H groups in total. The Labute approximate surface area is 129 Å². The Kier molecular flexibility index (Phi) is 5.34. The Morgan fingerprint density at radius 3 is 2.67 bits per heavy atom. The van der Waals surface area contributed by atoms with Crippen molar-refractivity contribution in [3.8, 4) is 0 Å². The number of nitrogens with zero attached hydrogens (tertiary/aromatic N) is 1. The van der Waals surface area contributed by atoms with E-state index in [1.165, 1.54) is 6.07 Å². The molecule has 21 heavy (non-hydrogen) atoms. The minimum atomic E-state index is -0.261. The molecule has 2 aromatic carbocycles. The number of hydrogen-bond donors (Lipinski definition) is 0. The van der Waals surface area contributed by atoms with Gasteiger partial charge in [-0.3, -0.25) is 4.79 Å². The van der Waals surface area contributed by atoms with E-state index in [1.54, 1.807) is 36.2 Å². The molecule has 0 saturated heterocycles. The fraction of sp³-hybridized carbons (Fsp3) is 0.235. The van der Waals surface area contributed by atoms with Gasteiger partial charge < -0.3 is 4.90 Å². The first-order chi connectivity index (χ1) is 10.1. The van der Waals surface area contributed by atoms with Crippen molar-refractivity contribution in [2.24, 2.45) is 0 Å². The maximum atomic E-state index is 13.5. The summed E-state index contributed by atoms with van der Waals surface area (Å²) in [5.74, 6) is -0.277. The summed E-state index contributed by atoms with van der Waals surface area (Å²) >= 11 is 5.92. The molecule has 0 heterocycles. The van der Waals surface area contributed by atoms with E-state index in [0.717, 1.165) is 5.56 Å². The van der Waals surface area contributed by atoms with Crippen molar-refractivity contribution in [1.29, 1.82) is 0 Å². The predicted octanol–water partition coefficient (Wildman–Crippen LogP) is 4.07. The summed E-state index contributed by atoms with van der Waals surface area (Å²) in [6, 6.07) is 14.0. The van der Waals surface area contributed by atoms with Gasteiger partial charge in [-0.2, -0.15) is 0 Å². The van der Waals surface area contributed by atoms with Crippen molar-refractivity contribution in [3.05, 3.63) is 70.5 Å². The van der Waals surface area contributed by atoms with Crippen LogP contribution < -0.4 is 0 Å². The normalized spacial score (nSPS) is 10.4. The maximum Gasteiger partial charge on any atom is 0.222 e. The van der Waals surface area contributed by atoms with Crippen molar-refractivity contribution in [3.63, 3.8) is 0 Å². The first-order valence-corrected chi connectivity index (χ1v) is 7.16. The number of carbonyl (C=O) groups excluding carboxylic acids is 1. The van der Waals surface area contributed by atoms with E-state index in [1.807, 2.05) is 18.2 Å². The van der Waals surface area contributed by atoms with Crippen molar-refractivity contribution in [2.75, 3.05) is 7.05 Å². The standard InChI is InChI=1S/C17H17ClFNO/c1-20(12-13-5-4-7-15(18)11-13)17(21)10-9-14-6-2-3-8-16(14)19/h2-8,11H,9-10,12H2,1H3. The fourth-order valence-corrected chi connectivity index (χ4v) is 2.34. The second kappa shape index (κ2) is 7.23. The number of carbonyl (C=O) groups is 1. The quantitative estimate of drug-likeness (QED) is 0.815. The third-order valence-electron chi connectivity index (χ3n) is 3.30. The lowest BCUT2D eigenvalue weighted by Crippen LogP contribution is -2.26. The van der Waals surface area contributed by atoms with E-state index in [-0.39, 0.29) is 18.1 Å². The van der Waals surface area contributed by atoms with Crippen molar-refractivity contribution in [1.82, 2.24) is 4.90 Å². The van der Waals surface area contributed by atoms with Crippen LogP contribution in [0.2, 0.25) is 5.02 Å². The van der Waals surface area contributed by atoms with E-state index in [2.05, 4.69) is 0 Å². The van der Waals surface area contributed by atoms with Crippen molar-refractivity contribution < 1.29 is 9.18 Å². The molecule has 0 aromatic heterocycles. The molecule has 2 rings (SSSR count). The van der Waals surface area contributed by atoms with Crippen LogP contribution in [0.3, 0.4) is 0 Å². The second-order valence-corrected chi connectivity index (χ2v) is 5.41. The van der Waals surface area contributed by atoms with Gasteiger partial charge in [-0.05, 0) is 35.7 Å². The minimum absolute atomic E-state index is 0.0155. The smallest absolute Gasteiger partial charge is 0.222 e. The molecule has 0 bridgehead atoms. The zero-order valence-electron chi connectivity index (χ0n) is 11.9. The summed E-state index contributed by atoms with van der Waals surface area (Å²) in [7, 11) is 1.74. The number of amides is 1. The SMILES string of the molecule is CN(Cc1cccc(Cl)c1)C(=O)CCc1ccccc1F. The van der Waals surface area contributed by atoms with Gasteiger partial charge in [0.05, 0.1) is 0 Å². The Balaban J connectivity index is 1.90. The predicted molar refractivity (Wildman–Crippen MR) is 82.6 cm³/mol. The van der Waals surface area contributed by atoms with Crippen LogP contribution in [0.5, 0.6) is 0 Å². The van der Waals surface area contributed by atoms with Crippen LogP contribution in [0.25, 0.3) is 0 Å². The van der Waals surface area contributed by atoms with Crippen LogP contribution in [0.4, 0.5) is 4.39 Å². The Bertz CT molecular complexity index is 630. The van der Waals surface area contributed by atoms with Crippen LogP contribution >= 0.6 is 11.6 Å². The van der Waals surface area contributed by atoms with Gasteiger partial charge in [-0.1, -0.05) is 41.9 Å². The van der Waals surface area contributed by atoms with Crippen molar-refractivity contribution in [2.45, 2.75) is 19.4 Å². The molecule has 0 spiro atoms. The van der Waals surface area contributed by atoms with Gasteiger partial charge in [0.15, 0.2) is 0 Å². The van der Waals surface area contributed by atoms with Gasteiger partial charge >= 0.3 is 0 Å². The summed E-state index contributed by atoms with van der Waals surface area (Å²) < 4.78 is 13.5. The molecule has 0 atom stereocenters. The summed E-state index contributed by atoms with van der Waals surface area (Å²) in [5, 5.41) is 0.653. The molecule has 0 unspecified atom stereocenters. The molecule has 0 radical (unpaired) electrons. The Hall–Kier alpha value is -1.87. The van der Waals surface area contributed by atoms with Crippen LogP contribution in [0, 0.1) is 5.82 Å². The topological polar surface area (TPSA) is 20.3 Å². The highest BCUT2D eigenvalue weighted by molar-refractivity contribution is 6.30. The average molecular weight is 306 g/mol. The molecular weight excluding hydrogens is 289 g/mol. The van der Waals surface area contributed by atoms with E-state index < -0.39 is 0 Å². The van der Waals surface area contributed by atoms with E-state index >= 15 is 0 Å². The van der Waals surface area contributed by atoms with Gasteiger partial charge in [0.2, 0.25) is 5.91 Å². The third kappa shape index (κ3) is 4.57. The van der Waals surface area contributed by atoms with E-state index in [4.69, 9.17) is 11.6 Å². The summed E-state index contributed by atoms with van der Waals surface area (Å²) in [6.45, 7) is 0.497. The number of hydrogen-bond acceptors (Lipinski definition) is 1. The molecule has 0 aliphatic carbocycles. The van der Waals surface area contributed by atoms with Gasteiger partial charge in [0, 0.05) is 25.0 Å². The van der Waals surface area contributed by atoms with Gasteiger partial charge in [0.1, 0.15) is 5.82 Å². The number of rotatable bonds is 5. The van der Waals surface area contributed by atoms with Gasteiger partial charge in [-0.25, -0.2) is 4.39 Å². The van der Waals surface area contributed by atoms with Gasteiger partial charge in [-0.15, -0.1) is 0 Å². The lowest BCUT2D eigenvalue weighted by atomic mass is 10.1. The first-order valence-electron chi connectivity index (χ1n) is 6.78. The van der Waals surface area contributed by atoms with Crippen LogP contribution in [0.15, 0.2) is 48.5 Å². The third-order valence-corrected chi connectivity index (χ3v) is 3.54. The number of aryl methyl sites for hydroxylation is 1. The molecule has 110 valence electrons. The first kappa shape index (κ1) is 15.5. The van der Waals surface area contributed by atoms with Crippen LogP contribution in [-0.4, -0.2) is 17.9 Å². The number of halogens is 2. The summed E-state index contributed by atoms with van der Waals surface area (Å²) in [6.07, 6.45) is 0.698. The molecule has 0 saturated carbocycles. The zero-order chi connectivity index (χ0) is 15.2. The molecular formula is C17H17ClFNO. The Morgan fingerprint density at radius 2 is 1.95 bits per heavy atom. The van der Waals surface area contributed by atoms with E-state index in [9.17, 15) is 9.18 Å². The summed E-state index contributed by atoms with van der Waals surface area (Å²) in [5.41, 5.74) is 1.55. The molecule has 2 nitrogen and oxygen atoms in total. The monoisotopic (exact) mass is 305 g/mol. The Morgan fingerprint density at radius 1 is 1.19 bits per heavy atom. The minimum Gasteiger partial charge on any atom is -0.341 e. The van der Waals surface area contributed by atoms with Crippen molar-refractivity contribution >= 4 is 17.5 Å². The molecule has 1 amide bonds. The van der Waals surface area contributed by atoms with E-state index in [0.29, 0.717) is 23.6 Å². The highest BCUT2D eigenvalue weighted by Gasteiger charge is 2.11. The maximum absolute atomic E-state index is 13.5. The van der Waals surface area contributed by atoms with Crippen LogP contribution in [-0.2, 0) is 17.8 Å². The zero-order valence-corrected chi connectivity index (χ0v) is 12.6. The van der Waals surface area contributed by atoms with Crippen LogP contribution in [0.1, 0.15) is 17.5 Å². The highest BCUT2D eigenvalue weighted by Crippen LogP contribution is 2.14. The highest BCUT2D eigenvalue weighted by atomic mass is 35.5. The molecule has 4 heteroatoms.